The maximum absolute atomic E-state index is 13.2. The van der Waals surface area contributed by atoms with E-state index >= 15 is 0 Å². The summed E-state index contributed by atoms with van der Waals surface area (Å²) in [5.41, 5.74) is -1.37. The molecule has 0 saturated heterocycles. The van der Waals surface area contributed by atoms with Gasteiger partial charge in [-0.3, -0.25) is 4.79 Å². The lowest BCUT2D eigenvalue weighted by molar-refractivity contribution is -0.138. The number of carbonyl (C=O) groups is 1. The number of nitrogens with one attached hydrogen (secondary N) is 1. The fourth-order valence-electron chi connectivity index (χ4n) is 2.44. The Labute approximate surface area is 152 Å². The fraction of sp³-hybridized carbons (Fsp3) is 0.278. The quantitative estimate of drug-likeness (QED) is 0.766. The van der Waals surface area contributed by atoms with Gasteiger partial charge in [0.15, 0.2) is 11.5 Å². The molecule has 2 aromatic rings. The largest absolute Gasteiger partial charge is 0.496 e. The van der Waals surface area contributed by atoms with E-state index in [4.69, 9.17) is 14.2 Å². The molecule has 0 spiro atoms. The van der Waals surface area contributed by atoms with Crippen LogP contribution in [0.15, 0.2) is 30.3 Å². The van der Waals surface area contributed by atoms with Crippen LogP contribution in [0.2, 0.25) is 0 Å². The molecule has 2 rings (SSSR count). The smallest absolute Gasteiger partial charge is 0.416 e. The summed E-state index contributed by atoms with van der Waals surface area (Å²) in [5, 5.41) is 2.37. The molecule has 1 N–H and O–H groups in total. The van der Waals surface area contributed by atoms with E-state index in [0.29, 0.717) is 11.8 Å². The number of halogens is 4. The molecule has 5 nitrogen and oxygen atoms in total. The zero-order chi connectivity index (χ0) is 20.2. The van der Waals surface area contributed by atoms with Crippen LogP contribution in [-0.2, 0) is 12.7 Å². The lowest BCUT2D eigenvalue weighted by Crippen LogP contribution is -2.25. The molecule has 1 amide bonds. The number of hydrogen-bond donors (Lipinski definition) is 1. The Morgan fingerprint density at radius 1 is 0.963 bits per heavy atom. The second-order valence-corrected chi connectivity index (χ2v) is 5.39. The van der Waals surface area contributed by atoms with Crippen molar-refractivity contribution >= 4 is 5.91 Å². The molecule has 0 fully saturated rings. The summed E-state index contributed by atoms with van der Waals surface area (Å²) in [6, 6.07) is 5.03. The number of benzene rings is 2. The third-order valence-electron chi connectivity index (χ3n) is 3.77. The Balaban J connectivity index is 2.29. The van der Waals surface area contributed by atoms with Gasteiger partial charge in [0.1, 0.15) is 11.6 Å². The van der Waals surface area contributed by atoms with Crippen LogP contribution >= 0.6 is 0 Å². The van der Waals surface area contributed by atoms with Crippen molar-refractivity contribution in [1.82, 2.24) is 5.32 Å². The summed E-state index contributed by atoms with van der Waals surface area (Å²) < 4.78 is 67.7. The van der Waals surface area contributed by atoms with E-state index in [9.17, 15) is 22.4 Å². The molecule has 0 radical (unpaired) electrons. The minimum absolute atomic E-state index is 0.0471. The number of methoxy groups -OCH3 is 3. The number of amides is 1. The average Bonchev–Trinajstić information content (AvgIpc) is 2.64. The van der Waals surface area contributed by atoms with Gasteiger partial charge in [0.2, 0.25) is 0 Å². The zero-order valence-electron chi connectivity index (χ0n) is 14.7. The normalized spacial score (nSPS) is 11.1. The van der Waals surface area contributed by atoms with E-state index in [2.05, 4.69) is 5.32 Å². The van der Waals surface area contributed by atoms with Gasteiger partial charge < -0.3 is 19.5 Å². The first-order valence-electron chi connectivity index (χ1n) is 7.65. The van der Waals surface area contributed by atoms with Crippen LogP contribution in [0.4, 0.5) is 17.6 Å². The highest BCUT2D eigenvalue weighted by molar-refractivity contribution is 5.97. The molecular weight excluding hydrogens is 370 g/mol. The number of alkyl halides is 3. The van der Waals surface area contributed by atoms with Crippen molar-refractivity contribution in [2.75, 3.05) is 21.3 Å². The summed E-state index contributed by atoms with van der Waals surface area (Å²) >= 11 is 0. The van der Waals surface area contributed by atoms with Gasteiger partial charge in [0.25, 0.3) is 5.91 Å². The number of carbonyl (C=O) groups excluding carboxylic acids is 1. The molecule has 0 aliphatic rings. The fourth-order valence-corrected chi connectivity index (χ4v) is 2.44. The molecule has 0 aliphatic heterocycles. The molecule has 0 saturated carbocycles. The summed E-state index contributed by atoms with van der Waals surface area (Å²) in [5.74, 6) is -0.977. The number of ether oxygens (including phenoxy) is 3. The summed E-state index contributed by atoms with van der Waals surface area (Å²) in [7, 11) is 4.12. The Bertz CT molecular complexity index is 837. The van der Waals surface area contributed by atoms with E-state index in [1.54, 1.807) is 0 Å². The van der Waals surface area contributed by atoms with Crippen molar-refractivity contribution in [3.8, 4) is 17.2 Å². The van der Waals surface area contributed by atoms with E-state index < -0.39 is 30.0 Å². The number of rotatable bonds is 6. The van der Waals surface area contributed by atoms with Crippen molar-refractivity contribution < 1.29 is 36.6 Å². The van der Waals surface area contributed by atoms with E-state index in [0.717, 1.165) is 12.1 Å². The predicted molar refractivity (Wildman–Crippen MR) is 88.7 cm³/mol. The van der Waals surface area contributed by atoms with Crippen LogP contribution in [0.25, 0.3) is 0 Å². The lowest BCUT2D eigenvalue weighted by Gasteiger charge is -2.16. The third-order valence-corrected chi connectivity index (χ3v) is 3.77. The van der Waals surface area contributed by atoms with Crippen LogP contribution in [0.5, 0.6) is 17.2 Å². The molecule has 0 bridgehead atoms. The van der Waals surface area contributed by atoms with Gasteiger partial charge in [-0.15, -0.1) is 0 Å². The van der Waals surface area contributed by atoms with Crippen molar-refractivity contribution in [2.45, 2.75) is 12.7 Å². The van der Waals surface area contributed by atoms with E-state index in [-0.39, 0.29) is 22.6 Å². The summed E-state index contributed by atoms with van der Waals surface area (Å²) in [4.78, 5) is 12.5. The molecule has 0 atom stereocenters. The first-order chi connectivity index (χ1) is 12.7. The zero-order valence-corrected chi connectivity index (χ0v) is 14.7. The van der Waals surface area contributed by atoms with Crippen LogP contribution in [-0.4, -0.2) is 27.2 Å². The molecule has 146 valence electrons. The van der Waals surface area contributed by atoms with Gasteiger partial charge in [-0.05, 0) is 17.7 Å². The summed E-state index contributed by atoms with van der Waals surface area (Å²) in [6.45, 7) is -0.453. The first-order valence-corrected chi connectivity index (χ1v) is 7.65. The van der Waals surface area contributed by atoms with Crippen LogP contribution in [0.1, 0.15) is 21.5 Å². The third kappa shape index (κ3) is 4.60. The van der Waals surface area contributed by atoms with Gasteiger partial charge in [-0.2, -0.15) is 13.2 Å². The van der Waals surface area contributed by atoms with Crippen molar-refractivity contribution in [3.63, 3.8) is 0 Å². The van der Waals surface area contributed by atoms with Crippen LogP contribution in [0, 0.1) is 5.82 Å². The molecule has 0 heterocycles. The lowest BCUT2D eigenvalue weighted by atomic mass is 10.1. The first kappa shape index (κ1) is 20.3. The highest BCUT2D eigenvalue weighted by Crippen LogP contribution is 2.35. The van der Waals surface area contributed by atoms with Crippen LogP contribution in [0.3, 0.4) is 0 Å². The van der Waals surface area contributed by atoms with Crippen LogP contribution < -0.4 is 19.5 Å². The SMILES string of the molecule is COc1cc(OC)c(C(=O)NCc2ccc(F)cc2C(F)(F)F)cc1OC. The van der Waals surface area contributed by atoms with Gasteiger partial charge in [0.05, 0.1) is 32.5 Å². The molecular formula is C18H17F4NO4. The maximum Gasteiger partial charge on any atom is 0.416 e. The topological polar surface area (TPSA) is 56.8 Å². The standard InChI is InChI=1S/C18H17F4NO4/c1-25-14-8-16(27-3)15(26-2)7-12(14)17(24)23-9-10-4-5-11(19)6-13(10)18(20,21)22/h4-8H,9H2,1-3H3,(H,23,24). The minimum Gasteiger partial charge on any atom is -0.496 e. The van der Waals surface area contributed by atoms with Gasteiger partial charge in [-0.25, -0.2) is 4.39 Å². The minimum atomic E-state index is -4.75. The Kier molecular flexibility index (Phi) is 6.14. The summed E-state index contributed by atoms with van der Waals surface area (Å²) in [6.07, 6.45) is -4.75. The van der Waals surface area contributed by atoms with Crippen molar-refractivity contribution in [3.05, 3.63) is 52.8 Å². The maximum atomic E-state index is 13.2. The van der Waals surface area contributed by atoms with E-state index in [1.807, 2.05) is 0 Å². The van der Waals surface area contributed by atoms with E-state index in [1.165, 1.54) is 33.5 Å². The molecule has 27 heavy (non-hydrogen) atoms. The predicted octanol–water partition coefficient (Wildman–Crippen LogP) is 3.80. The Morgan fingerprint density at radius 2 is 1.56 bits per heavy atom. The Hall–Kier alpha value is -2.97. The molecule has 0 aliphatic carbocycles. The molecule has 9 heteroatoms. The molecule has 0 aromatic heterocycles. The van der Waals surface area contributed by atoms with Crippen molar-refractivity contribution in [2.24, 2.45) is 0 Å². The number of hydrogen-bond acceptors (Lipinski definition) is 4. The average molecular weight is 387 g/mol. The second kappa shape index (κ2) is 8.15. The molecule has 2 aromatic carbocycles. The van der Waals surface area contributed by atoms with Gasteiger partial charge in [-0.1, -0.05) is 6.07 Å². The molecule has 0 unspecified atom stereocenters. The van der Waals surface area contributed by atoms with Gasteiger partial charge in [0, 0.05) is 18.7 Å². The highest BCUT2D eigenvalue weighted by atomic mass is 19.4. The van der Waals surface area contributed by atoms with Crippen molar-refractivity contribution in [1.29, 1.82) is 0 Å². The second-order valence-electron chi connectivity index (χ2n) is 5.39. The monoisotopic (exact) mass is 387 g/mol. The Morgan fingerprint density at radius 3 is 2.11 bits per heavy atom. The van der Waals surface area contributed by atoms with Gasteiger partial charge >= 0.3 is 6.18 Å². The highest BCUT2D eigenvalue weighted by Gasteiger charge is 2.33.